The van der Waals surface area contributed by atoms with Gasteiger partial charge in [0, 0.05) is 25.2 Å². The molecule has 1 aromatic rings. The summed E-state index contributed by atoms with van der Waals surface area (Å²) in [6.07, 6.45) is -4.29. The van der Waals surface area contributed by atoms with Crippen LogP contribution in [-0.4, -0.2) is 17.5 Å². The van der Waals surface area contributed by atoms with E-state index < -0.39 is 11.7 Å². The Hall–Kier alpha value is -1.07. The Morgan fingerprint density at radius 3 is 2.56 bits per heavy atom. The van der Waals surface area contributed by atoms with E-state index in [9.17, 15) is 13.2 Å². The Balaban J connectivity index is 2.49. The third kappa shape index (κ3) is 2.12. The van der Waals surface area contributed by atoms with E-state index in [2.05, 4.69) is 0 Å². The maximum atomic E-state index is 13.0. The van der Waals surface area contributed by atoms with Gasteiger partial charge in [0.25, 0.3) is 0 Å². The van der Waals surface area contributed by atoms with Crippen LogP contribution in [0.1, 0.15) is 36.6 Å². The number of benzene rings is 1. The van der Waals surface area contributed by atoms with Crippen LogP contribution in [0.15, 0.2) is 18.2 Å². The van der Waals surface area contributed by atoms with E-state index in [0.29, 0.717) is 18.7 Å². The molecule has 1 aliphatic rings. The first kappa shape index (κ1) is 13.4. The molecule has 2 rings (SSSR count). The summed E-state index contributed by atoms with van der Waals surface area (Å²) in [5.74, 6) is 0. The lowest BCUT2D eigenvalue weighted by Crippen LogP contribution is -2.33. The molecule has 0 saturated heterocycles. The summed E-state index contributed by atoms with van der Waals surface area (Å²) in [5.41, 5.74) is 6.29. The van der Waals surface area contributed by atoms with Crippen molar-refractivity contribution in [2.24, 2.45) is 5.73 Å². The minimum absolute atomic E-state index is 0.109. The minimum Gasteiger partial charge on any atom is -0.329 e. The van der Waals surface area contributed by atoms with Crippen molar-refractivity contribution in [1.82, 2.24) is 4.90 Å². The van der Waals surface area contributed by atoms with Gasteiger partial charge in [-0.3, -0.25) is 4.90 Å². The first-order valence-corrected chi connectivity index (χ1v) is 6.01. The fraction of sp³-hybridized carbons (Fsp3) is 0.538. The van der Waals surface area contributed by atoms with Crippen molar-refractivity contribution in [2.45, 2.75) is 38.7 Å². The summed E-state index contributed by atoms with van der Waals surface area (Å²) in [4.78, 5) is 2.01. The van der Waals surface area contributed by atoms with Gasteiger partial charge in [-0.2, -0.15) is 13.2 Å². The number of halogens is 3. The van der Waals surface area contributed by atoms with Gasteiger partial charge in [0.15, 0.2) is 0 Å². The monoisotopic (exact) mass is 258 g/mol. The zero-order valence-electron chi connectivity index (χ0n) is 10.5. The Kier molecular flexibility index (Phi) is 3.38. The second-order valence-electron chi connectivity index (χ2n) is 4.89. The van der Waals surface area contributed by atoms with Crippen molar-refractivity contribution in [3.63, 3.8) is 0 Å². The Labute approximate surface area is 105 Å². The van der Waals surface area contributed by atoms with E-state index in [1.807, 2.05) is 18.7 Å². The second kappa shape index (κ2) is 4.55. The van der Waals surface area contributed by atoms with Crippen LogP contribution in [0.25, 0.3) is 0 Å². The van der Waals surface area contributed by atoms with Crippen molar-refractivity contribution in [3.8, 4) is 0 Å². The summed E-state index contributed by atoms with van der Waals surface area (Å²) in [7, 11) is 0. The fourth-order valence-electron chi connectivity index (χ4n) is 2.64. The topological polar surface area (TPSA) is 29.3 Å². The average Bonchev–Trinajstić information content (AvgIpc) is 2.65. The molecule has 0 bridgehead atoms. The van der Waals surface area contributed by atoms with E-state index >= 15 is 0 Å². The van der Waals surface area contributed by atoms with Gasteiger partial charge < -0.3 is 5.73 Å². The SMILES string of the molecule is CC(C)N1Cc2c(cccc2C(F)(F)F)C1CN. The molecule has 1 aromatic carbocycles. The van der Waals surface area contributed by atoms with Gasteiger partial charge in [-0.05, 0) is 31.0 Å². The second-order valence-corrected chi connectivity index (χ2v) is 4.89. The smallest absolute Gasteiger partial charge is 0.329 e. The molecule has 0 radical (unpaired) electrons. The van der Waals surface area contributed by atoms with Crippen LogP contribution >= 0.6 is 0 Å². The predicted octanol–water partition coefficient (Wildman–Crippen LogP) is 2.93. The Morgan fingerprint density at radius 1 is 1.39 bits per heavy atom. The maximum absolute atomic E-state index is 13.0. The van der Waals surface area contributed by atoms with Crippen molar-refractivity contribution in [2.75, 3.05) is 6.54 Å². The number of nitrogens with zero attached hydrogens (tertiary/aromatic N) is 1. The number of alkyl halides is 3. The highest BCUT2D eigenvalue weighted by atomic mass is 19.4. The summed E-state index contributed by atoms with van der Waals surface area (Å²) in [6, 6.07) is 4.43. The molecule has 0 fully saturated rings. The highest BCUT2D eigenvalue weighted by Gasteiger charge is 2.39. The summed E-state index contributed by atoms with van der Waals surface area (Å²) in [6.45, 7) is 4.61. The lowest BCUT2D eigenvalue weighted by molar-refractivity contribution is -0.138. The first-order chi connectivity index (χ1) is 8.36. The van der Waals surface area contributed by atoms with Crippen LogP contribution in [0.5, 0.6) is 0 Å². The van der Waals surface area contributed by atoms with E-state index in [-0.39, 0.29) is 12.1 Å². The molecule has 1 aliphatic heterocycles. The number of fused-ring (bicyclic) bond motifs is 1. The Morgan fingerprint density at radius 2 is 2.06 bits per heavy atom. The van der Waals surface area contributed by atoms with Crippen molar-refractivity contribution in [1.29, 1.82) is 0 Å². The molecule has 2 nitrogen and oxygen atoms in total. The molecule has 2 N–H and O–H groups in total. The fourth-order valence-corrected chi connectivity index (χ4v) is 2.64. The molecular formula is C13H17F3N2. The summed E-state index contributed by atoms with van der Waals surface area (Å²) >= 11 is 0. The minimum atomic E-state index is -4.29. The van der Waals surface area contributed by atoms with Crippen molar-refractivity contribution >= 4 is 0 Å². The predicted molar refractivity (Wildman–Crippen MR) is 63.9 cm³/mol. The van der Waals surface area contributed by atoms with Gasteiger partial charge >= 0.3 is 6.18 Å². The van der Waals surface area contributed by atoms with Gasteiger partial charge in [0.05, 0.1) is 5.56 Å². The molecule has 0 saturated carbocycles. The summed E-state index contributed by atoms with van der Waals surface area (Å²) in [5, 5.41) is 0. The molecule has 18 heavy (non-hydrogen) atoms. The molecule has 0 aliphatic carbocycles. The van der Waals surface area contributed by atoms with Crippen LogP contribution in [0, 0.1) is 0 Å². The lowest BCUT2D eigenvalue weighted by Gasteiger charge is -2.27. The molecule has 5 heteroatoms. The first-order valence-electron chi connectivity index (χ1n) is 6.01. The maximum Gasteiger partial charge on any atom is 0.416 e. The zero-order valence-corrected chi connectivity index (χ0v) is 10.5. The van der Waals surface area contributed by atoms with E-state index in [1.165, 1.54) is 6.07 Å². The third-order valence-electron chi connectivity index (χ3n) is 3.50. The lowest BCUT2D eigenvalue weighted by atomic mass is 9.99. The summed E-state index contributed by atoms with van der Waals surface area (Å²) < 4.78 is 38.9. The Bertz CT molecular complexity index is 440. The quantitative estimate of drug-likeness (QED) is 0.883. The number of hydrogen-bond acceptors (Lipinski definition) is 2. The molecule has 0 aromatic heterocycles. The van der Waals surface area contributed by atoms with Crippen LogP contribution in [0.2, 0.25) is 0 Å². The van der Waals surface area contributed by atoms with Crippen LogP contribution in [0.3, 0.4) is 0 Å². The third-order valence-corrected chi connectivity index (χ3v) is 3.50. The standard InChI is InChI=1S/C13H17F3N2/c1-8(2)18-7-10-9(12(18)6-17)4-3-5-11(10)13(14,15)16/h3-5,8,12H,6-7,17H2,1-2H3. The van der Waals surface area contributed by atoms with Crippen molar-refractivity contribution in [3.05, 3.63) is 34.9 Å². The van der Waals surface area contributed by atoms with Gasteiger partial charge in [-0.25, -0.2) is 0 Å². The number of hydrogen-bond donors (Lipinski definition) is 1. The molecule has 1 unspecified atom stereocenters. The van der Waals surface area contributed by atoms with E-state index in [4.69, 9.17) is 5.73 Å². The molecule has 0 spiro atoms. The zero-order chi connectivity index (χ0) is 13.5. The number of nitrogens with two attached hydrogens (primary N) is 1. The normalized spacial score (nSPS) is 20.5. The average molecular weight is 258 g/mol. The van der Waals surface area contributed by atoms with Crippen LogP contribution < -0.4 is 5.73 Å². The molecule has 1 atom stereocenters. The van der Waals surface area contributed by atoms with E-state index in [0.717, 1.165) is 11.6 Å². The highest BCUT2D eigenvalue weighted by Crippen LogP contribution is 2.41. The number of rotatable bonds is 2. The van der Waals surface area contributed by atoms with Gasteiger partial charge in [0.2, 0.25) is 0 Å². The van der Waals surface area contributed by atoms with E-state index in [1.54, 1.807) is 6.07 Å². The van der Waals surface area contributed by atoms with Crippen LogP contribution in [0.4, 0.5) is 13.2 Å². The van der Waals surface area contributed by atoms with Gasteiger partial charge in [0.1, 0.15) is 0 Å². The molecule has 1 heterocycles. The molecular weight excluding hydrogens is 241 g/mol. The van der Waals surface area contributed by atoms with Crippen LogP contribution in [-0.2, 0) is 12.7 Å². The van der Waals surface area contributed by atoms with Gasteiger partial charge in [-0.1, -0.05) is 12.1 Å². The largest absolute Gasteiger partial charge is 0.416 e. The highest BCUT2D eigenvalue weighted by molar-refractivity contribution is 5.42. The molecule has 100 valence electrons. The molecule has 0 amide bonds. The van der Waals surface area contributed by atoms with Gasteiger partial charge in [-0.15, -0.1) is 0 Å². The van der Waals surface area contributed by atoms with Crippen molar-refractivity contribution < 1.29 is 13.2 Å².